The van der Waals surface area contributed by atoms with E-state index >= 15 is 0 Å². The number of nitrogens with one attached hydrogen (secondary N) is 3. The SMILES string of the molecule is COc1ccc(N(C)C)cc1.COc1ccc(N(C)C)cc1.COc1ccc(N(CC(=O)NC(C=O)Cc2ccccc2)CC(=O)N[C@H](C=O)Cc2ccccc2)c(NC=O)c1. The summed E-state index contributed by atoms with van der Waals surface area (Å²) >= 11 is 0. The Balaban J connectivity index is 0.000000374. The molecule has 0 heterocycles. The van der Waals surface area contributed by atoms with Crippen LogP contribution in [-0.2, 0) is 36.8 Å². The van der Waals surface area contributed by atoms with Crippen LogP contribution in [-0.4, -0.2) is 105 Å². The molecule has 0 saturated heterocycles. The van der Waals surface area contributed by atoms with Gasteiger partial charge in [-0.2, -0.15) is 0 Å². The molecule has 0 bridgehead atoms. The van der Waals surface area contributed by atoms with Crippen LogP contribution in [0.1, 0.15) is 11.1 Å². The number of aldehydes is 2. The molecular formula is C48H58N6O8. The number of ether oxygens (including phenoxy) is 3. The molecule has 14 heteroatoms. The number of nitrogens with zero attached hydrogens (tertiary/aromatic N) is 3. The number of rotatable bonds is 20. The van der Waals surface area contributed by atoms with Crippen molar-refractivity contribution in [1.82, 2.24) is 10.6 Å². The zero-order valence-corrected chi connectivity index (χ0v) is 36.4. The molecule has 5 rings (SSSR count). The highest BCUT2D eigenvalue weighted by atomic mass is 16.5. The van der Waals surface area contributed by atoms with Crippen molar-refractivity contribution in [2.45, 2.75) is 24.9 Å². The van der Waals surface area contributed by atoms with Crippen LogP contribution in [0.15, 0.2) is 127 Å². The number of methoxy groups -OCH3 is 3. The summed E-state index contributed by atoms with van der Waals surface area (Å²) in [4.78, 5) is 66.4. The van der Waals surface area contributed by atoms with E-state index in [1.807, 2.05) is 137 Å². The Morgan fingerprint density at radius 2 is 0.935 bits per heavy atom. The smallest absolute Gasteiger partial charge is 0.240 e. The minimum atomic E-state index is -0.778. The number of amides is 3. The lowest BCUT2D eigenvalue weighted by Crippen LogP contribution is -2.48. The van der Waals surface area contributed by atoms with Gasteiger partial charge in [0.15, 0.2) is 0 Å². The van der Waals surface area contributed by atoms with Crippen molar-refractivity contribution in [1.29, 1.82) is 0 Å². The van der Waals surface area contributed by atoms with Crippen LogP contribution in [0.5, 0.6) is 17.2 Å². The average Bonchev–Trinajstić information content (AvgIpc) is 3.29. The summed E-state index contributed by atoms with van der Waals surface area (Å²) in [6.45, 7) is -0.617. The molecule has 0 fully saturated rings. The molecule has 0 aliphatic rings. The second-order valence-corrected chi connectivity index (χ2v) is 14.2. The number of hydrogen-bond donors (Lipinski definition) is 3. The fraction of sp³-hybridized carbons (Fsp3) is 0.271. The van der Waals surface area contributed by atoms with Gasteiger partial charge in [0.2, 0.25) is 18.2 Å². The van der Waals surface area contributed by atoms with Gasteiger partial charge in [0.05, 0.1) is 57.9 Å². The van der Waals surface area contributed by atoms with Crippen molar-refractivity contribution in [3.05, 3.63) is 139 Å². The summed E-state index contributed by atoms with van der Waals surface area (Å²) in [5, 5.41) is 7.96. The Kier molecular flexibility index (Phi) is 21.1. The van der Waals surface area contributed by atoms with Gasteiger partial charge in [0.25, 0.3) is 0 Å². The minimum absolute atomic E-state index is 0.303. The molecule has 5 aromatic rings. The van der Waals surface area contributed by atoms with E-state index in [-0.39, 0.29) is 13.1 Å². The Bertz CT molecular complexity index is 1980. The molecule has 0 radical (unpaired) electrons. The zero-order chi connectivity index (χ0) is 45.3. The molecule has 2 atom stereocenters. The first kappa shape index (κ1) is 49.0. The van der Waals surface area contributed by atoms with Gasteiger partial charge in [0.1, 0.15) is 29.8 Å². The summed E-state index contributed by atoms with van der Waals surface area (Å²) in [7, 11) is 12.9. The summed E-state index contributed by atoms with van der Waals surface area (Å²) in [5.41, 5.74) is 4.80. The first-order chi connectivity index (χ1) is 29.9. The van der Waals surface area contributed by atoms with Crippen LogP contribution in [0.2, 0.25) is 0 Å². The van der Waals surface area contributed by atoms with Crippen molar-refractivity contribution in [3.8, 4) is 17.2 Å². The number of carbonyl (C=O) groups is 5. The average molecular weight is 847 g/mol. The van der Waals surface area contributed by atoms with E-state index in [1.165, 1.54) is 23.4 Å². The fourth-order valence-corrected chi connectivity index (χ4v) is 5.94. The van der Waals surface area contributed by atoms with Crippen LogP contribution < -0.4 is 44.9 Å². The molecule has 1 unspecified atom stereocenters. The van der Waals surface area contributed by atoms with E-state index in [4.69, 9.17) is 14.2 Å². The van der Waals surface area contributed by atoms with Crippen LogP contribution in [0.25, 0.3) is 0 Å². The van der Waals surface area contributed by atoms with E-state index in [0.29, 0.717) is 48.9 Å². The molecule has 0 aliphatic carbocycles. The molecule has 5 aromatic carbocycles. The first-order valence-corrected chi connectivity index (χ1v) is 19.8. The Labute approximate surface area is 364 Å². The number of carbonyl (C=O) groups excluding carboxylic acids is 5. The van der Waals surface area contributed by atoms with E-state index in [2.05, 4.69) is 25.8 Å². The standard InChI is InChI=1S/C30H32N4O6.2C9H13NO/c1-40-26-12-13-28(27(16-26)31-21-37)34(17-29(38)32-24(19-35)14-22-8-4-2-5-9-22)18-30(39)33-25(20-36)15-23-10-6-3-7-11-23;2*1-10(2)8-4-6-9(11-3)7-5-8/h2-13,16,19-21,24-25H,14-15,17-18H2,1H3,(H,31,37)(H,32,38)(H,33,39);2*4-7H,1-3H3/t24-,25?;;/m0../s1. The summed E-state index contributed by atoms with van der Waals surface area (Å²) in [6.07, 6.45) is 2.40. The maximum atomic E-state index is 13.1. The largest absolute Gasteiger partial charge is 0.497 e. The summed E-state index contributed by atoms with van der Waals surface area (Å²) < 4.78 is 15.3. The van der Waals surface area contributed by atoms with Crippen LogP contribution >= 0.6 is 0 Å². The quantitative estimate of drug-likeness (QED) is 0.0857. The van der Waals surface area contributed by atoms with Crippen LogP contribution in [0, 0.1) is 0 Å². The molecule has 328 valence electrons. The van der Waals surface area contributed by atoms with Crippen molar-refractivity contribution in [2.75, 3.05) is 82.6 Å². The third-order valence-corrected chi connectivity index (χ3v) is 9.22. The highest BCUT2D eigenvalue weighted by molar-refractivity contribution is 5.92. The predicted molar refractivity (Wildman–Crippen MR) is 246 cm³/mol. The Hall–Kier alpha value is -7.35. The van der Waals surface area contributed by atoms with Gasteiger partial charge in [-0.15, -0.1) is 0 Å². The van der Waals surface area contributed by atoms with E-state index in [0.717, 1.165) is 22.6 Å². The van der Waals surface area contributed by atoms with E-state index < -0.39 is 23.9 Å². The Morgan fingerprint density at radius 3 is 1.27 bits per heavy atom. The maximum absolute atomic E-state index is 13.1. The third kappa shape index (κ3) is 17.1. The molecule has 0 spiro atoms. The van der Waals surface area contributed by atoms with Gasteiger partial charge in [-0.3, -0.25) is 14.4 Å². The molecule has 62 heavy (non-hydrogen) atoms. The van der Waals surface area contributed by atoms with Gasteiger partial charge in [-0.1, -0.05) is 60.7 Å². The maximum Gasteiger partial charge on any atom is 0.240 e. The van der Waals surface area contributed by atoms with Crippen molar-refractivity contribution < 1.29 is 38.2 Å². The lowest BCUT2D eigenvalue weighted by atomic mass is 10.1. The molecule has 0 saturated carbocycles. The van der Waals surface area contributed by atoms with Crippen LogP contribution in [0.4, 0.5) is 22.7 Å². The molecule has 0 aliphatic heterocycles. The lowest BCUT2D eigenvalue weighted by molar-refractivity contribution is -0.124. The highest BCUT2D eigenvalue weighted by Gasteiger charge is 2.22. The molecule has 3 N–H and O–H groups in total. The molecule has 14 nitrogen and oxygen atoms in total. The van der Waals surface area contributed by atoms with Crippen LogP contribution in [0.3, 0.4) is 0 Å². The van der Waals surface area contributed by atoms with Gasteiger partial charge >= 0.3 is 0 Å². The van der Waals surface area contributed by atoms with Gasteiger partial charge in [0, 0.05) is 45.6 Å². The van der Waals surface area contributed by atoms with Gasteiger partial charge < -0.3 is 54.4 Å². The molecule has 3 amide bonds. The topological polar surface area (TPSA) is 159 Å². The minimum Gasteiger partial charge on any atom is -0.497 e. The number of hydrogen-bond acceptors (Lipinski definition) is 11. The summed E-state index contributed by atoms with van der Waals surface area (Å²) in [6, 6.07) is 37.7. The fourth-order valence-electron chi connectivity index (χ4n) is 5.94. The van der Waals surface area contributed by atoms with Crippen molar-refractivity contribution in [2.24, 2.45) is 0 Å². The number of anilines is 4. The van der Waals surface area contributed by atoms with Crippen molar-refractivity contribution >= 4 is 53.5 Å². The van der Waals surface area contributed by atoms with Gasteiger partial charge in [-0.05, 0) is 84.6 Å². The van der Waals surface area contributed by atoms with Crippen molar-refractivity contribution in [3.63, 3.8) is 0 Å². The lowest BCUT2D eigenvalue weighted by Gasteiger charge is -2.27. The van der Waals surface area contributed by atoms with E-state index in [1.54, 1.807) is 32.4 Å². The first-order valence-electron chi connectivity index (χ1n) is 19.8. The second kappa shape index (κ2) is 26.7. The number of benzene rings is 5. The highest BCUT2D eigenvalue weighted by Crippen LogP contribution is 2.30. The molecular weight excluding hydrogens is 789 g/mol. The predicted octanol–water partition coefficient (Wildman–Crippen LogP) is 5.45. The summed E-state index contributed by atoms with van der Waals surface area (Å²) in [5.74, 6) is 1.23. The normalized spacial score (nSPS) is 11.0. The van der Waals surface area contributed by atoms with E-state index in [9.17, 15) is 24.0 Å². The zero-order valence-electron chi connectivity index (χ0n) is 36.4. The third-order valence-electron chi connectivity index (χ3n) is 9.22. The Morgan fingerprint density at radius 1 is 0.548 bits per heavy atom. The second-order valence-electron chi connectivity index (χ2n) is 14.2. The van der Waals surface area contributed by atoms with Gasteiger partial charge in [-0.25, -0.2) is 0 Å². The molecule has 0 aromatic heterocycles. The monoisotopic (exact) mass is 846 g/mol.